The van der Waals surface area contributed by atoms with E-state index >= 15 is 0 Å². The fourth-order valence-corrected chi connectivity index (χ4v) is 2.96. The largest absolute Gasteiger partial charge is 0.507 e. The van der Waals surface area contributed by atoms with Crippen LogP contribution in [0.5, 0.6) is 5.75 Å². The number of nitro groups is 1. The molecule has 0 fully saturated rings. The number of phenols is 1. The lowest BCUT2D eigenvalue weighted by molar-refractivity contribution is -0.384. The molecule has 0 amide bonds. The van der Waals surface area contributed by atoms with Crippen LogP contribution in [0.1, 0.15) is 25.0 Å². The molecule has 0 saturated heterocycles. The van der Waals surface area contributed by atoms with Gasteiger partial charge in [0.15, 0.2) is 0 Å². The fraction of sp³-hybridized carbons (Fsp3) is 0.222. The van der Waals surface area contributed by atoms with E-state index in [1.807, 2.05) is 24.3 Å². The summed E-state index contributed by atoms with van der Waals surface area (Å²) in [5, 5.41) is 24.1. The standard InChI is InChI=1S/C18H18N2O3/c1-18(2)14-5-3-4-6-15(14)19-17(18)10-8-12-7-9-13(20(22)23)11-16(12)21/h3-11,17,19,21H,1-2H3/b10-8+. The molecular weight excluding hydrogens is 292 g/mol. The molecule has 0 aliphatic carbocycles. The molecule has 2 N–H and O–H groups in total. The van der Waals surface area contributed by atoms with E-state index in [9.17, 15) is 15.2 Å². The number of nitrogens with one attached hydrogen (secondary N) is 1. The molecule has 2 aromatic rings. The normalized spacial score (nSPS) is 18.6. The maximum Gasteiger partial charge on any atom is 0.273 e. The monoisotopic (exact) mass is 310 g/mol. The van der Waals surface area contributed by atoms with Crippen LogP contribution in [-0.4, -0.2) is 16.1 Å². The van der Waals surface area contributed by atoms with Gasteiger partial charge in [0.05, 0.1) is 17.0 Å². The van der Waals surface area contributed by atoms with Gasteiger partial charge in [-0.1, -0.05) is 44.2 Å². The molecule has 23 heavy (non-hydrogen) atoms. The molecule has 1 aliphatic rings. The molecule has 0 saturated carbocycles. The van der Waals surface area contributed by atoms with Crippen LogP contribution in [-0.2, 0) is 5.41 Å². The Morgan fingerprint density at radius 3 is 2.65 bits per heavy atom. The average molecular weight is 310 g/mol. The number of hydrogen-bond acceptors (Lipinski definition) is 4. The molecule has 1 atom stereocenters. The van der Waals surface area contributed by atoms with E-state index in [2.05, 4.69) is 25.2 Å². The fourth-order valence-electron chi connectivity index (χ4n) is 2.96. The zero-order chi connectivity index (χ0) is 16.6. The zero-order valence-electron chi connectivity index (χ0n) is 13.0. The van der Waals surface area contributed by atoms with Crippen molar-refractivity contribution in [2.45, 2.75) is 25.3 Å². The third-order valence-corrected chi connectivity index (χ3v) is 4.40. The van der Waals surface area contributed by atoms with Gasteiger partial charge in [0.1, 0.15) is 5.75 Å². The number of aromatic hydroxyl groups is 1. The maximum atomic E-state index is 10.7. The van der Waals surface area contributed by atoms with E-state index in [4.69, 9.17) is 0 Å². The Hall–Kier alpha value is -2.82. The van der Waals surface area contributed by atoms with Crippen molar-refractivity contribution in [3.8, 4) is 5.75 Å². The molecule has 1 aliphatic heterocycles. The van der Waals surface area contributed by atoms with E-state index in [0.717, 1.165) is 5.69 Å². The Kier molecular flexibility index (Phi) is 3.56. The van der Waals surface area contributed by atoms with Crippen LogP contribution < -0.4 is 5.32 Å². The highest BCUT2D eigenvalue weighted by Gasteiger charge is 2.37. The summed E-state index contributed by atoms with van der Waals surface area (Å²) in [5.41, 5.74) is 2.72. The van der Waals surface area contributed by atoms with Gasteiger partial charge in [0, 0.05) is 22.7 Å². The van der Waals surface area contributed by atoms with Gasteiger partial charge in [0.25, 0.3) is 5.69 Å². The van der Waals surface area contributed by atoms with E-state index in [-0.39, 0.29) is 22.9 Å². The van der Waals surface area contributed by atoms with Crippen LogP contribution in [0.2, 0.25) is 0 Å². The van der Waals surface area contributed by atoms with E-state index in [0.29, 0.717) is 5.56 Å². The molecule has 3 rings (SSSR count). The molecular formula is C18H18N2O3. The predicted octanol–water partition coefficient (Wildman–Crippen LogP) is 4.09. The van der Waals surface area contributed by atoms with E-state index < -0.39 is 4.92 Å². The number of para-hydroxylation sites is 1. The van der Waals surface area contributed by atoms with Crippen molar-refractivity contribution in [3.63, 3.8) is 0 Å². The topological polar surface area (TPSA) is 75.4 Å². The second kappa shape index (κ2) is 5.43. The summed E-state index contributed by atoms with van der Waals surface area (Å²) in [6.45, 7) is 4.33. The Bertz CT molecular complexity index is 797. The number of fused-ring (bicyclic) bond motifs is 1. The zero-order valence-corrected chi connectivity index (χ0v) is 13.0. The van der Waals surface area contributed by atoms with Crippen LogP contribution in [0.3, 0.4) is 0 Å². The van der Waals surface area contributed by atoms with Crippen LogP contribution in [0.4, 0.5) is 11.4 Å². The maximum absolute atomic E-state index is 10.7. The summed E-state index contributed by atoms with van der Waals surface area (Å²) >= 11 is 0. The Morgan fingerprint density at radius 2 is 2.00 bits per heavy atom. The van der Waals surface area contributed by atoms with Crippen molar-refractivity contribution in [1.82, 2.24) is 0 Å². The lowest BCUT2D eigenvalue weighted by atomic mass is 9.80. The van der Waals surface area contributed by atoms with Crippen molar-refractivity contribution >= 4 is 17.5 Å². The van der Waals surface area contributed by atoms with Gasteiger partial charge in [-0.15, -0.1) is 0 Å². The molecule has 118 valence electrons. The highest BCUT2D eigenvalue weighted by atomic mass is 16.6. The molecule has 5 nitrogen and oxygen atoms in total. The van der Waals surface area contributed by atoms with Crippen molar-refractivity contribution in [2.24, 2.45) is 0 Å². The van der Waals surface area contributed by atoms with Crippen LogP contribution in [0.15, 0.2) is 48.5 Å². The minimum absolute atomic E-state index is 0.0782. The quantitative estimate of drug-likeness (QED) is 0.661. The van der Waals surface area contributed by atoms with E-state index in [1.54, 1.807) is 12.1 Å². The number of rotatable bonds is 3. The van der Waals surface area contributed by atoms with E-state index in [1.165, 1.54) is 17.7 Å². The van der Waals surface area contributed by atoms with Gasteiger partial charge < -0.3 is 10.4 Å². The number of non-ortho nitro benzene ring substituents is 1. The van der Waals surface area contributed by atoms with Crippen LogP contribution in [0, 0.1) is 10.1 Å². The van der Waals surface area contributed by atoms with Gasteiger partial charge in [-0.3, -0.25) is 10.1 Å². The number of hydrogen-bond donors (Lipinski definition) is 2. The average Bonchev–Trinajstić information content (AvgIpc) is 2.77. The van der Waals surface area contributed by atoms with Crippen molar-refractivity contribution < 1.29 is 10.0 Å². The molecule has 0 bridgehead atoms. The molecule has 5 heteroatoms. The summed E-state index contributed by atoms with van der Waals surface area (Å²) in [7, 11) is 0. The van der Waals surface area contributed by atoms with Crippen LogP contribution >= 0.6 is 0 Å². The predicted molar refractivity (Wildman–Crippen MR) is 90.7 cm³/mol. The van der Waals surface area contributed by atoms with Gasteiger partial charge in [-0.25, -0.2) is 0 Å². The molecule has 0 radical (unpaired) electrons. The molecule has 0 aromatic heterocycles. The minimum atomic E-state index is -0.522. The first kappa shape index (κ1) is 15.1. The first-order valence-electron chi connectivity index (χ1n) is 7.41. The second-order valence-electron chi connectivity index (χ2n) is 6.25. The smallest absolute Gasteiger partial charge is 0.273 e. The summed E-state index contributed by atoms with van der Waals surface area (Å²) < 4.78 is 0. The molecule has 1 heterocycles. The van der Waals surface area contributed by atoms with Crippen molar-refractivity contribution in [3.05, 3.63) is 69.8 Å². The van der Waals surface area contributed by atoms with Crippen molar-refractivity contribution in [2.75, 3.05) is 5.32 Å². The third kappa shape index (κ3) is 2.65. The number of anilines is 1. The summed E-state index contributed by atoms with van der Waals surface area (Å²) in [4.78, 5) is 10.2. The highest BCUT2D eigenvalue weighted by molar-refractivity contribution is 5.66. The lowest BCUT2D eigenvalue weighted by Crippen LogP contribution is -2.31. The first-order chi connectivity index (χ1) is 10.9. The third-order valence-electron chi connectivity index (χ3n) is 4.40. The Balaban J connectivity index is 1.86. The van der Waals surface area contributed by atoms with Gasteiger partial charge in [-0.05, 0) is 17.7 Å². The Labute approximate surface area is 134 Å². The number of nitro benzene ring substituents is 1. The molecule has 2 aromatic carbocycles. The summed E-state index contributed by atoms with van der Waals surface area (Å²) in [5.74, 6) is -0.0937. The molecule has 0 spiro atoms. The van der Waals surface area contributed by atoms with Gasteiger partial charge in [-0.2, -0.15) is 0 Å². The molecule has 1 unspecified atom stereocenters. The first-order valence-corrected chi connectivity index (χ1v) is 7.41. The highest BCUT2D eigenvalue weighted by Crippen LogP contribution is 2.41. The summed E-state index contributed by atoms with van der Waals surface area (Å²) in [6.07, 6.45) is 3.78. The number of nitrogens with zero attached hydrogens (tertiary/aromatic N) is 1. The number of benzene rings is 2. The van der Waals surface area contributed by atoms with Gasteiger partial charge >= 0.3 is 0 Å². The van der Waals surface area contributed by atoms with Crippen LogP contribution in [0.25, 0.3) is 6.08 Å². The second-order valence-corrected chi connectivity index (χ2v) is 6.25. The van der Waals surface area contributed by atoms with Gasteiger partial charge in [0.2, 0.25) is 0 Å². The SMILES string of the molecule is CC1(C)c2ccccc2NC1/C=C/c1ccc([N+](=O)[O-])cc1O. The number of phenolic OH excluding ortho intramolecular Hbond substituents is 1. The summed E-state index contributed by atoms with van der Waals surface area (Å²) in [6, 6.07) is 12.4. The Morgan fingerprint density at radius 1 is 1.26 bits per heavy atom. The lowest BCUT2D eigenvalue weighted by Gasteiger charge is -2.25. The van der Waals surface area contributed by atoms with Crippen molar-refractivity contribution in [1.29, 1.82) is 0 Å². The minimum Gasteiger partial charge on any atom is -0.507 e.